The lowest BCUT2D eigenvalue weighted by molar-refractivity contribution is 0.353. The second-order valence-corrected chi connectivity index (χ2v) is 9.27. The molecule has 1 N–H and O–H groups in total. The molecule has 2 rings (SSSR count). The second kappa shape index (κ2) is 8.31. The molecule has 0 spiro atoms. The van der Waals surface area contributed by atoms with Gasteiger partial charge in [0.25, 0.3) is 0 Å². The zero-order valence-corrected chi connectivity index (χ0v) is 17.7. The van der Waals surface area contributed by atoms with Crippen molar-refractivity contribution in [2.45, 2.75) is 43.9 Å². The Morgan fingerprint density at radius 2 is 1.56 bits per heavy atom. The van der Waals surface area contributed by atoms with Gasteiger partial charge in [-0.3, -0.25) is 0 Å². The minimum atomic E-state index is -3.58. The molecule has 27 heavy (non-hydrogen) atoms. The summed E-state index contributed by atoms with van der Waals surface area (Å²) in [5.41, 5.74) is 1.64. The highest BCUT2D eigenvalue weighted by Crippen LogP contribution is 2.33. The standard InChI is InChI=1S/C21H29NO4S/c1-15(2)16-7-10-18(11-8-16)27(23,24)22-14-21(3,4)17-9-12-19(25-5)20(13-17)26-6/h7-13,15,22H,14H2,1-6H3. The quantitative estimate of drug-likeness (QED) is 0.736. The summed E-state index contributed by atoms with van der Waals surface area (Å²) in [7, 11) is -0.412. The molecule has 2 aromatic rings. The molecule has 0 atom stereocenters. The largest absolute Gasteiger partial charge is 0.493 e. The van der Waals surface area contributed by atoms with Crippen LogP contribution in [0.5, 0.6) is 11.5 Å². The van der Waals surface area contributed by atoms with Gasteiger partial charge >= 0.3 is 0 Å². The number of rotatable bonds is 8. The summed E-state index contributed by atoms with van der Waals surface area (Å²) in [6.45, 7) is 8.38. The molecule has 0 aliphatic carbocycles. The van der Waals surface area contributed by atoms with E-state index < -0.39 is 15.4 Å². The normalized spacial score (nSPS) is 12.3. The van der Waals surface area contributed by atoms with E-state index in [0.29, 0.717) is 17.4 Å². The van der Waals surface area contributed by atoms with Gasteiger partial charge in [-0.25, -0.2) is 13.1 Å². The number of hydrogen-bond donors (Lipinski definition) is 1. The molecule has 0 aromatic heterocycles. The number of sulfonamides is 1. The van der Waals surface area contributed by atoms with Gasteiger partial charge in [-0.05, 0) is 41.3 Å². The fourth-order valence-electron chi connectivity index (χ4n) is 2.75. The molecule has 6 heteroatoms. The lowest BCUT2D eigenvalue weighted by atomic mass is 9.85. The molecule has 0 amide bonds. The van der Waals surface area contributed by atoms with Crippen LogP contribution >= 0.6 is 0 Å². The summed E-state index contributed by atoms with van der Waals surface area (Å²) in [6.07, 6.45) is 0. The first-order valence-corrected chi connectivity index (χ1v) is 10.4. The molecule has 0 aliphatic heterocycles. The zero-order valence-electron chi connectivity index (χ0n) is 16.9. The van der Waals surface area contributed by atoms with Gasteiger partial charge in [0.2, 0.25) is 10.0 Å². The minimum Gasteiger partial charge on any atom is -0.493 e. The van der Waals surface area contributed by atoms with Crippen molar-refractivity contribution in [3.05, 3.63) is 53.6 Å². The third kappa shape index (κ3) is 5.02. The van der Waals surface area contributed by atoms with Gasteiger partial charge in [-0.1, -0.05) is 45.9 Å². The summed E-state index contributed by atoms with van der Waals surface area (Å²) < 4.78 is 38.7. The van der Waals surface area contributed by atoms with E-state index in [-0.39, 0.29) is 11.4 Å². The molecule has 5 nitrogen and oxygen atoms in total. The average molecular weight is 392 g/mol. The molecule has 148 valence electrons. The predicted molar refractivity (Wildman–Crippen MR) is 108 cm³/mol. The van der Waals surface area contributed by atoms with E-state index in [1.807, 2.05) is 44.2 Å². The first kappa shape index (κ1) is 21.3. The summed E-state index contributed by atoms with van der Waals surface area (Å²) >= 11 is 0. The van der Waals surface area contributed by atoms with Gasteiger partial charge in [0, 0.05) is 12.0 Å². The summed E-state index contributed by atoms with van der Waals surface area (Å²) in [4.78, 5) is 0.273. The smallest absolute Gasteiger partial charge is 0.240 e. The van der Waals surface area contributed by atoms with Crippen molar-refractivity contribution < 1.29 is 17.9 Å². The van der Waals surface area contributed by atoms with Gasteiger partial charge in [0.1, 0.15) is 0 Å². The van der Waals surface area contributed by atoms with E-state index in [9.17, 15) is 8.42 Å². The Bertz CT molecular complexity index is 872. The fraction of sp³-hybridized carbons (Fsp3) is 0.429. The lowest BCUT2D eigenvalue weighted by Crippen LogP contribution is -2.36. The van der Waals surface area contributed by atoms with Crippen LogP contribution in [0.2, 0.25) is 0 Å². The van der Waals surface area contributed by atoms with Crippen LogP contribution in [-0.4, -0.2) is 29.2 Å². The first-order valence-electron chi connectivity index (χ1n) is 8.93. The average Bonchev–Trinajstić information content (AvgIpc) is 2.66. The molecule has 0 saturated heterocycles. The third-order valence-corrected chi connectivity index (χ3v) is 6.14. The van der Waals surface area contributed by atoms with Gasteiger partial charge < -0.3 is 9.47 Å². The van der Waals surface area contributed by atoms with E-state index >= 15 is 0 Å². The topological polar surface area (TPSA) is 64.6 Å². The van der Waals surface area contributed by atoms with E-state index in [1.165, 1.54) is 0 Å². The fourth-order valence-corrected chi connectivity index (χ4v) is 3.96. The monoisotopic (exact) mass is 391 g/mol. The highest BCUT2D eigenvalue weighted by molar-refractivity contribution is 7.89. The van der Waals surface area contributed by atoms with Crippen molar-refractivity contribution in [2.75, 3.05) is 20.8 Å². The summed E-state index contributed by atoms with van der Waals surface area (Å²) in [5.74, 6) is 1.62. The van der Waals surface area contributed by atoms with Crippen molar-refractivity contribution in [2.24, 2.45) is 0 Å². The van der Waals surface area contributed by atoms with Crippen molar-refractivity contribution >= 4 is 10.0 Å². The third-order valence-electron chi connectivity index (χ3n) is 4.73. The molecular formula is C21H29NO4S. The van der Waals surface area contributed by atoms with Crippen LogP contribution in [0.25, 0.3) is 0 Å². The molecule has 2 aromatic carbocycles. The molecule has 0 bridgehead atoms. The Kier molecular flexibility index (Phi) is 6.54. The second-order valence-electron chi connectivity index (χ2n) is 7.50. The number of ether oxygens (including phenoxy) is 2. The molecule has 0 fully saturated rings. The molecule has 0 aliphatic rings. The molecular weight excluding hydrogens is 362 g/mol. The molecule has 0 heterocycles. The van der Waals surface area contributed by atoms with Crippen LogP contribution in [0, 0.1) is 0 Å². The first-order chi connectivity index (χ1) is 12.6. The van der Waals surface area contributed by atoms with Gasteiger partial charge in [-0.15, -0.1) is 0 Å². The van der Waals surface area contributed by atoms with Gasteiger partial charge in [0.05, 0.1) is 19.1 Å². The van der Waals surface area contributed by atoms with Gasteiger partial charge in [0.15, 0.2) is 11.5 Å². The molecule has 0 radical (unpaired) electrons. The SMILES string of the molecule is COc1ccc(C(C)(C)CNS(=O)(=O)c2ccc(C(C)C)cc2)cc1OC. The van der Waals surface area contributed by atoms with Crippen LogP contribution < -0.4 is 14.2 Å². The maximum Gasteiger partial charge on any atom is 0.240 e. The van der Waals surface area contributed by atoms with Crippen LogP contribution in [0.15, 0.2) is 47.4 Å². The molecule has 0 unspecified atom stereocenters. The minimum absolute atomic E-state index is 0.261. The zero-order chi connectivity index (χ0) is 20.2. The number of methoxy groups -OCH3 is 2. The van der Waals surface area contributed by atoms with Crippen LogP contribution in [0.3, 0.4) is 0 Å². The highest BCUT2D eigenvalue weighted by atomic mass is 32.2. The van der Waals surface area contributed by atoms with E-state index in [2.05, 4.69) is 18.6 Å². The number of benzene rings is 2. The van der Waals surface area contributed by atoms with E-state index in [0.717, 1.165) is 11.1 Å². The van der Waals surface area contributed by atoms with Crippen molar-refractivity contribution in [3.8, 4) is 11.5 Å². The van der Waals surface area contributed by atoms with Crippen molar-refractivity contribution in [1.29, 1.82) is 0 Å². The van der Waals surface area contributed by atoms with Crippen LogP contribution in [-0.2, 0) is 15.4 Å². The Morgan fingerprint density at radius 1 is 0.963 bits per heavy atom. The summed E-state index contributed by atoms with van der Waals surface area (Å²) in [6, 6.07) is 12.7. The van der Waals surface area contributed by atoms with Crippen molar-refractivity contribution in [3.63, 3.8) is 0 Å². The maximum absolute atomic E-state index is 12.7. The van der Waals surface area contributed by atoms with Crippen molar-refractivity contribution in [1.82, 2.24) is 4.72 Å². The van der Waals surface area contributed by atoms with E-state index in [4.69, 9.17) is 9.47 Å². The van der Waals surface area contributed by atoms with Crippen LogP contribution in [0.1, 0.15) is 44.7 Å². The van der Waals surface area contributed by atoms with Crippen LogP contribution in [0.4, 0.5) is 0 Å². The Morgan fingerprint density at radius 3 is 2.07 bits per heavy atom. The maximum atomic E-state index is 12.7. The molecule has 0 saturated carbocycles. The Balaban J connectivity index is 2.18. The Labute approximate surface area is 162 Å². The number of hydrogen-bond acceptors (Lipinski definition) is 4. The summed E-state index contributed by atoms with van der Waals surface area (Å²) in [5, 5.41) is 0. The number of nitrogens with one attached hydrogen (secondary N) is 1. The lowest BCUT2D eigenvalue weighted by Gasteiger charge is -2.26. The van der Waals surface area contributed by atoms with Gasteiger partial charge in [-0.2, -0.15) is 0 Å². The predicted octanol–water partition coefficient (Wildman–Crippen LogP) is 4.08. The Hall–Kier alpha value is -2.05. The highest BCUT2D eigenvalue weighted by Gasteiger charge is 2.25. The van der Waals surface area contributed by atoms with E-state index in [1.54, 1.807) is 26.4 Å².